The first kappa shape index (κ1) is 9.94. The number of amides is 1. The highest BCUT2D eigenvalue weighted by Crippen LogP contribution is 1.85. The van der Waals surface area contributed by atoms with Crippen LogP contribution in [0, 0.1) is 0 Å². The maximum atomic E-state index is 10.5. The van der Waals surface area contributed by atoms with E-state index >= 15 is 0 Å². The normalized spacial score (nSPS) is 12.9. The van der Waals surface area contributed by atoms with Crippen LogP contribution in [0.4, 0.5) is 0 Å². The van der Waals surface area contributed by atoms with Gasteiger partial charge in [0.1, 0.15) is 0 Å². The van der Waals surface area contributed by atoms with Gasteiger partial charge in [0, 0.05) is 6.92 Å². The average molecular weight is 158 g/mol. The fourth-order valence-electron chi connectivity index (χ4n) is 0.625. The fraction of sp³-hybridized carbons (Fsp3) is 0.714. The van der Waals surface area contributed by atoms with Gasteiger partial charge in [0.15, 0.2) is 0 Å². The summed E-state index contributed by atoms with van der Waals surface area (Å²) in [5.74, 6) is 0.129. The van der Waals surface area contributed by atoms with Gasteiger partial charge in [0.05, 0.1) is 5.54 Å². The van der Waals surface area contributed by atoms with Crippen molar-refractivity contribution in [1.29, 1.82) is 0 Å². The summed E-state index contributed by atoms with van der Waals surface area (Å²) in [6, 6.07) is 0. The number of hydrogen-bond acceptors (Lipinski definition) is 1. The molecule has 4 N–H and O–H groups in total. The molecule has 0 aromatic heterocycles. The first-order valence-corrected chi connectivity index (χ1v) is 3.49. The molecule has 0 spiro atoms. The summed E-state index contributed by atoms with van der Waals surface area (Å²) >= 11 is 0. The number of carbonyl (C=O) groups excluding carboxylic acids is 1. The molecule has 64 valence electrons. The van der Waals surface area contributed by atoms with Gasteiger partial charge < -0.3 is 0 Å². The summed E-state index contributed by atoms with van der Waals surface area (Å²) in [7, 11) is 0. The number of rotatable bonds is 0. The molecule has 0 bridgehead atoms. The van der Waals surface area contributed by atoms with E-state index in [1.165, 1.54) is 6.92 Å². The summed E-state index contributed by atoms with van der Waals surface area (Å²) in [4.78, 5) is 13.4. The molecule has 0 unspecified atom stereocenters. The average Bonchev–Trinajstić information content (AvgIpc) is 1.53. The van der Waals surface area contributed by atoms with Crippen molar-refractivity contribution in [3.05, 3.63) is 0 Å². The van der Waals surface area contributed by atoms with Crippen LogP contribution in [0.2, 0.25) is 0 Å². The quantitative estimate of drug-likeness (QED) is 0.291. The predicted molar refractivity (Wildman–Crippen MR) is 43.7 cm³/mol. The van der Waals surface area contributed by atoms with E-state index in [1.54, 1.807) is 0 Å². The minimum Gasteiger partial charge on any atom is -0.290 e. The second kappa shape index (κ2) is 3.37. The van der Waals surface area contributed by atoms with Gasteiger partial charge in [0.2, 0.25) is 0 Å². The molecule has 4 nitrogen and oxygen atoms in total. The van der Waals surface area contributed by atoms with E-state index in [-0.39, 0.29) is 11.4 Å². The monoisotopic (exact) mass is 158 g/mol. The molecule has 4 heteroatoms. The van der Waals surface area contributed by atoms with Gasteiger partial charge in [-0.25, -0.2) is 5.32 Å². The number of hydrogen-bond donors (Lipinski definition) is 3. The van der Waals surface area contributed by atoms with Crippen LogP contribution >= 0.6 is 0 Å². The van der Waals surface area contributed by atoms with Crippen molar-refractivity contribution in [2.24, 2.45) is 5.73 Å². The maximum absolute atomic E-state index is 10.5. The molecule has 0 aliphatic carbocycles. The van der Waals surface area contributed by atoms with Crippen molar-refractivity contribution in [3.8, 4) is 0 Å². The van der Waals surface area contributed by atoms with E-state index in [0.717, 1.165) is 0 Å². The molecule has 0 fully saturated rings. The number of carbonyl (C=O) groups is 1. The number of nitrogens with one attached hydrogen (secondary N) is 2. The van der Waals surface area contributed by atoms with E-state index < -0.39 is 0 Å². The fourth-order valence-corrected chi connectivity index (χ4v) is 0.625. The van der Waals surface area contributed by atoms with Gasteiger partial charge in [-0.3, -0.25) is 15.5 Å². The summed E-state index contributed by atoms with van der Waals surface area (Å²) in [5.41, 5.74) is 5.32. The lowest BCUT2D eigenvalue weighted by atomic mass is 10.1. The van der Waals surface area contributed by atoms with Crippen LogP contribution in [-0.2, 0) is 4.79 Å². The zero-order valence-corrected chi connectivity index (χ0v) is 7.49. The van der Waals surface area contributed by atoms with Crippen molar-refractivity contribution in [2.75, 3.05) is 0 Å². The second-order valence-corrected chi connectivity index (χ2v) is 3.47. The van der Waals surface area contributed by atoms with E-state index in [4.69, 9.17) is 5.73 Å². The molecule has 0 saturated heterocycles. The summed E-state index contributed by atoms with van der Waals surface area (Å²) in [6.45, 7) is 7.29. The number of nitrogens with two attached hydrogens (primary N) is 1. The Morgan fingerprint density at radius 3 is 2.18 bits per heavy atom. The first-order chi connectivity index (χ1) is 4.81. The lowest BCUT2D eigenvalue weighted by Gasteiger charge is -2.10. The SMILES string of the molecule is CC(=O)NC(N)=[NH+]C(C)(C)C. The second-order valence-electron chi connectivity index (χ2n) is 3.47. The molecule has 1 amide bonds. The van der Waals surface area contributed by atoms with Crippen molar-refractivity contribution in [3.63, 3.8) is 0 Å². The smallest absolute Gasteiger partial charge is 0.290 e. The van der Waals surface area contributed by atoms with Gasteiger partial charge in [-0.2, -0.15) is 0 Å². The van der Waals surface area contributed by atoms with E-state index in [2.05, 4.69) is 10.3 Å². The Labute approximate surface area is 66.9 Å². The Morgan fingerprint density at radius 2 is 1.91 bits per heavy atom. The minimum atomic E-state index is -0.167. The predicted octanol–water partition coefficient (Wildman–Crippen LogP) is -1.68. The van der Waals surface area contributed by atoms with Crippen molar-refractivity contribution in [1.82, 2.24) is 5.32 Å². The highest BCUT2D eigenvalue weighted by Gasteiger charge is 2.11. The number of guanidine groups is 1. The highest BCUT2D eigenvalue weighted by molar-refractivity contribution is 5.92. The molecule has 0 aromatic rings. The topological polar surface area (TPSA) is 69.1 Å². The van der Waals surface area contributed by atoms with Crippen molar-refractivity contribution >= 4 is 11.9 Å². The Kier molecular flexibility index (Phi) is 3.04. The third kappa shape index (κ3) is 6.83. The standard InChI is InChI=1S/C7H15N3O/c1-5(11)9-6(8)10-7(2,3)4/h1-4H3,(H3,8,9,10,11)/p+1. The van der Waals surface area contributed by atoms with Gasteiger partial charge in [-0.05, 0) is 20.8 Å². The molecular formula is C7H16N3O+. The molecule has 0 heterocycles. The molecular weight excluding hydrogens is 142 g/mol. The van der Waals surface area contributed by atoms with Crippen LogP contribution in [0.3, 0.4) is 0 Å². The van der Waals surface area contributed by atoms with Crippen molar-refractivity contribution < 1.29 is 9.79 Å². The van der Waals surface area contributed by atoms with Crippen LogP contribution in [0.25, 0.3) is 0 Å². The van der Waals surface area contributed by atoms with Crippen LogP contribution < -0.4 is 16.0 Å². The van der Waals surface area contributed by atoms with Gasteiger partial charge in [-0.15, -0.1) is 0 Å². The van der Waals surface area contributed by atoms with Crippen LogP contribution in [0.15, 0.2) is 0 Å². The zero-order valence-electron chi connectivity index (χ0n) is 7.49. The summed E-state index contributed by atoms with van der Waals surface area (Å²) < 4.78 is 0. The first-order valence-electron chi connectivity index (χ1n) is 3.49. The van der Waals surface area contributed by atoms with Crippen molar-refractivity contribution in [2.45, 2.75) is 33.2 Å². The molecule has 0 aromatic carbocycles. The molecule has 11 heavy (non-hydrogen) atoms. The molecule has 0 aliphatic rings. The lowest BCUT2D eigenvalue weighted by molar-refractivity contribution is -0.541. The maximum Gasteiger partial charge on any atom is 0.348 e. The van der Waals surface area contributed by atoms with Crippen LogP contribution in [-0.4, -0.2) is 17.4 Å². The molecule has 0 radical (unpaired) electrons. The van der Waals surface area contributed by atoms with E-state index in [1.807, 2.05) is 20.8 Å². The van der Waals surface area contributed by atoms with Gasteiger partial charge in [-0.1, -0.05) is 0 Å². The Morgan fingerprint density at radius 1 is 1.45 bits per heavy atom. The summed E-state index contributed by atoms with van der Waals surface area (Å²) in [6.07, 6.45) is 0. The Hall–Kier alpha value is -1.06. The van der Waals surface area contributed by atoms with Crippen LogP contribution in [0.1, 0.15) is 27.7 Å². The molecule has 0 aliphatic heterocycles. The highest BCUT2D eigenvalue weighted by atomic mass is 16.1. The molecule has 0 atom stereocenters. The van der Waals surface area contributed by atoms with Gasteiger partial charge in [0.25, 0.3) is 5.91 Å². The van der Waals surface area contributed by atoms with Gasteiger partial charge >= 0.3 is 5.96 Å². The third-order valence-electron chi connectivity index (χ3n) is 0.820. The lowest BCUT2D eigenvalue weighted by Crippen LogP contribution is -2.88. The molecule has 0 rings (SSSR count). The minimum absolute atomic E-state index is 0.119. The van der Waals surface area contributed by atoms with E-state index in [9.17, 15) is 4.79 Å². The van der Waals surface area contributed by atoms with Crippen LogP contribution in [0.5, 0.6) is 0 Å². The Bertz CT molecular complexity index is 179. The Balaban J connectivity index is 4.12. The zero-order chi connectivity index (χ0) is 9.07. The molecule has 0 saturated carbocycles. The summed E-state index contributed by atoms with van der Waals surface area (Å²) in [5, 5.41) is 2.44. The third-order valence-corrected chi connectivity index (χ3v) is 0.820. The van der Waals surface area contributed by atoms with E-state index in [0.29, 0.717) is 5.96 Å². The largest absolute Gasteiger partial charge is 0.348 e.